The summed E-state index contributed by atoms with van der Waals surface area (Å²) in [6, 6.07) is 0. The van der Waals surface area contributed by atoms with Gasteiger partial charge in [-0.15, -0.1) is 0 Å². The molecular weight excluding hydrogens is 197 g/mol. The van der Waals surface area contributed by atoms with E-state index in [1.54, 1.807) is 0 Å². The van der Waals surface area contributed by atoms with Crippen LogP contribution in [-0.2, 0) is 0 Å². The average molecular weight is 205 g/mol. The molecule has 9 heavy (non-hydrogen) atoms. The smallest absolute Gasteiger partial charge is 0.228 e. The molecule has 0 N–H and O–H groups in total. The first kappa shape index (κ1) is 9.27. The van der Waals surface area contributed by atoms with Crippen LogP contribution in [0.5, 0.6) is 0 Å². The Morgan fingerprint density at radius 2 is 1.67 bits per heavy atom. The van der Waals surface area contributed by atoms with Crippen molar-refractivity contribution in [3.8, 4) is 0 Å². The highest BCUT2D eigenvalue weighted by atomic mass is 79.9. The second-order valence-electron chi connectivity index (χ2n) is 2.13. The third kappa shape index (κ3) is 2.16. The molecule has 0 fully saturated rings. The normalized spacial score (nSPS) is 16.3. The number of alkyl halides is 4. The van der Waals surface area contributed by atoms with Crippen molar-refractivity contribution < 1.29 is 13.2 Å². The highest BCUT2D eigenvalue weighted by Crippen LogP contribution is 2.32. The van der Waals surface area contributed by atoms with Crippen LogP contribution in [0.1, 0.15) is 13.8 Å². The van der Waals surface area contributed by atoms with E-state index in [9.17, 15) is 13.2 Å². The topological polar surface area (TPSA) is 0 Å². The van der Waals surface area contributed by atoms with Crippen LogP contribution in [0.15, 0.2) is 0 Å². The third-order valence-corrected chi connectivity index (χ3v) is 1.67. The molecule has 0 saturated carbocycles. The molecule has 4 heteroatoms. The van der Waals surface area contributed by atoms with Crippen molar-refractivity contribution in [1.29, 1.82) is 0 Å². The van der Waals surface area contributed by atoms with Gasteiger partial charge in [0.1, 0.15) is 0 Å². The van der Waals surface area contributed by atoms with Gasteiger partial charge in [0.2, 0.25) is 5.08 Å². The molecule has 56 valence electrons. The van der Waals surface area contributed by atoms with Crippen molar-refractivity contribution in [2.45, 2.75) is 24.9 Å². The van der Waals surface area contributed by atoms with Gasteiger partial charge in [0.15, 0.2) is 0 Å². The Balaban J connectivity index is 4.01. The number of hydrogen-bond acceptors (Lipinski definition) is 0. The third-order valence-electron chi connectivity index (χ3n) is 1.06. The lowest BCUT2D eigenvalue weighted by molar-refractivity contribution is -0.0746. The van der Waals surface area contributed by atoms with Crippen LogP contribution in [-0.4, -0.2) is 11.0 Å². The minimum absolute atomic E-state index is 0.966. The minimum Gasteiger partial charge on any atom is -0.228 e. The summed E-state index contributed by atoms with van der Waals surface area (Å²) in [5.41, 5.74) is 0. The Labute approximate surface area is 60.6 Å². The minimum atomic E-state index is -3.25. The molecule has 0 rings (SSSR count). The molecule has 0 nitrogen and oxygen atoms in total. The van der Waals surface area contributed by atoms with Crippen molar-refractivity contribution in [2.75, 3.05) is 0 Å². The van der Waals surface area contributed by atoms with Gasteiger partial charge in [-0.25, -0.2) is 13.2 Å². The molecule has 0 radical (unpaired) electrons. The van der Waals surface area contributed by atoms with E-state index < -0.39 is 16.9 Å². The van der Waals surface area contributed by atoms with Crippen LogP contribution in [0.25, 0.3) is 0 Å². The molecule has 1 atom stereocenters. The van der Waals surface area contributed by atoms with Crippen molar-refractivity contribution in [1.82, 2.24) is 0 Å². The Morgan fingerprint density at radius 1 is 1.33 bits per heavy atom. The lowest BCUT2D eigenvalue weighted by atomic mass is 10.1. The van der Waals surface area contributed by atoms with Gasteiger partial charge in [-0.05, 0) is 15.9 Å². The Hall–Kier alpha value is 0.270. The summed E-state index contributed by atoms with van der Waals surface area (Å²) in [5, 5.41) is -2.23. The van der Waals surface area contributed by atoms with Gasteiger partial charge in [-0.2, -0.15) is 0 Å². The maximum absolute atomic E-state index is 12.2. The van der Waals surface area contributed by atoms with Gasteiger partial charge in [-0.1, -0.05) is 13.8 Å². The summed E-state index contributed by atoms with van der Waals surface area (Å²) in [6.07, 6.45) is 0. The van der Waals surface area contributed by atoms with Crippen LogP contribution in [0.3, 0.4) is 0 Å². The molecule has 0 aromatic carbocycles. The lowest BCUT2D eigenvalue weighted by Gasteiger charge is -2.19. The first-order valence-corrected chi connectivity index (χ1v) is 3.46. The summed E-state index contributed by atoms with van der Waals surface area (Å²) in [5.74, 6) is -4.22. The molecule has 0 aliphatic carbocycles. The zero-order chi connectivity index (χ0) is 7.65. The van der Waals surface area contributed by atoms with Crippen LogP contribution >= 0.6 is 15.9 Å². The molecule has 0 aromatic heterocycles. The molecule has 0 aliphatic rings. The maximum atomic E-state index is 12.2. The summed E-state index contributed by atoms with van der Waals surface area (Å²) < 4.78 is 36.4. The van der Waals surface area contributed by atoms with Gasteiger partial charge in [0.25, 0.3) is 5.92 Å². The van der Waals surface area contributed by atoms with Gasteiger partial charge in [0, 0.05) is 5.92 Å². The largest absolute Gasteiger partial charge is 0.290 e. The number of rotatable bonds is 2. The molecule has 0 spiro atoms. The second-order valence-corrected chi connectivity index (χ2v) is 2.93. The fourth-order valence-corrected chi connectivity index (χ4v) is 0.781. The molecule has 1 unspecified atom stereocenters. The predicted molar refractivity (Wildman–Crippen MR) is 33.6 cm³/mol. The highest BCUT2D eigenvalue weighted by Gasteiger charge is 2.41. The van der Waals surface area contributed by atoms with Crippen molar-refractivity contribution in [2.24, 2.45) is 5.92 Å². The Morgan fingerprint density at radius 3 is 1.67 bits per heavy atom. The second kappa shape index (κ2) is 2.90. The lowest BCUT2D eigenvalue weighted by Crippen LogP contribution is -2.31. The van der Waals surface area contributed by atoms with Crippen LogP contribution < -0.4 is 0 Å². The van der Waals surface area contributed by atoms with E-state index >= 15 is 0 Å². The number of halogens is 4. The highest BCUT2D eigenvalue weighted by molar-refractivity contribution is 9.09. The fourth-order valence-electron chi connectivity index (χ4n) is 0.252. The molecule has 0 aromatic rings. The van der Waals surface area contributed by atoms with E-state index in [4.69, 9.17) is 0 Å². The molecule has 0 saturated heterocycles. The number of hydrogen-bond donors (Lipinski definition) is 0. The summed E-state index contributed by atoms with van der Waals surface area (Å²) >= 11 is 2.18. The standard InChI is InChI=1S/C5H8BrF3/c1-3(2)5(8,9)4(6)7/h3-4H,1-2H3. The van der Waals surface area contributed by atoms with Gasteiger partial charge in [0.05, 0.1) is 0 Å². The molecule has 0 aliphatic heterocycles. The monoisotopic (exact) mass is 204 g/mol. The first-order chi connectivity index (χ1) is 3.89. The van der Waals surface area contributed by atoms with Crippen molar-refractivity contribution in [3.05, 3.63) is 0 Å². The van der Waals surface area contributed by atoms with E-state index in [0.717, 1.165) is 0 Å². The maximum Gasteiger partial charge on any atom is 0.290 e. The fraction of sp³-hybridized carbons (Fsp3) is 1.00. The summed E-state index contributed by atoms with van der Waals surface area (Å²) in [6.45, 7) is 2.54. The summed E-state index contributed by atoms with van der Waals surface area (Å²) in [7, 11) is 0. The molecular formula is C5H8BrF3. The van der Waals surface area contributed by atoms with Crippen LogP contribution in [0.2, 0.25) is 0 Å². The van der Waals surface area contributed by atoms with E-state index in [1.165, 1.54) is 13.8 Å². The molecule has 0 heterocycles. The first-order valence-electron chi connectivity index (χ1n) is 2.55. The van der Waals surface area contributed by atoms with E-state index in [0.29, 0.717) is 0 Å². The predicted octanol–water partition coefficient (Wildman–Crippen LogP) is 2.97. The van der Waals surface area contributed by atoms with Crippen molar-refractivity contribution in [3.63, 3.8) is 0 Å². The summed E-state index contributed by atoms with van der Waals surface area (Å²) in [4.78, 5) is 0. The van der Waals surface area contributed by atoms with Crippen LogP contribution in [0, 0.1) is 5.92 Å². The molecule has 0 bridgehead atoms. The zero-order valence-electron chi connectivity index (χ0n) is 5.17. The average Bonchev–Trinajstić information content (AvgIpc) is 1.65. The molecule has 0 amide bonds. The Kier molecular flexibility index (Phi) is 2.99. The van der Waals surface area contributed by atoms with Gasteiger partial charge in [-0.3, -0.25) is 0 Å². The van der Waals surface area contributed by atoms with Crippen LogP contribution in [0.4, 0.5) is 13.2 Å². The SMILES string of the molecule is CC(C)C(F)(F)C(F)Br. The van der Waals surface area contributed by atoms with E-state index in [2.05, 4.69) is 15.9 Å². The van der Waals surface area contributed by atoms with E-state index in [1.807, 2.05) is 0 Å². The van der Waals surface area contributed by atoms with Gasteiger partial charge >= 0.3 is 0 Å². The quantitative estimate of drug-likeness (QED) is 0.608. The van der Waals surface area contributed by atoms with Gasteiger partial charge < -0.3 is 0 Å². The Bertz CT molecular complexity index is 80.2. The van der Waals surface area contributed by atoms with Crippen molar-refractivity contribution >= 4 is 15.9 Å². The zero-order valence-corrected chi connectivity index (χ0v) is 6.75. The van der Waals surface area contributed by atoms with E-state index in [-0.39, 0.29) is 0 Å².